The Bertz CT molecular complexity index is 651. The number of anilines is 1. The first kappa shape index (κ1) is 17.6. The van der Waals surface area contributed by atoms with Gasteiger partial charge in [0.2, 0.25) is 5.91 Å². The standard InChI is InChI=1S/C19H28N4O2/c1-22(2)19(25)23-10-8-13(9-11-23)18(24)21-17-5-3-4-14-12-15(20)6-7-16(14)17/h6-7,12-13,17H,3-5,8-11,20H2,1-2H3,(H,21,24). The van der Waals surface area contributed by atoms with Crippen molar-refractivity contribution < 1.29 is 9.59 Å². The molecule has 1 saturated heterocycles. The van der Waals surface area contributed by atoms with E-state index in [9.17, 15) is 9.59 Å². The predicted octanol–water partition coefficient (Wildman–Crippen LogP) is 2.16. The molecule has 1 fully saturated rings. The molecular weight excluding hydrogens is 316 g/mol. The molecule has 1 unspecified atom stereocenters. The Kier molecular flexibility index (Phi) is 5.16. The number of hydrogen-bond acceptors (Lipinski definition) is 3. The zero-order valence-corrected chi connectivity index (χ0v) is 15.1. The Hall–Kier alpha value is -2.24. The van der Waals surface area contributed by atoms with E-state index in [1.165, 1.54) is 11.1 Å². The summed E-state index contributed by atoms with van der Waals surface area (Å²) in [6.45, 7) is 1.29. The summed E-state index contributed by atoms with van der Waals surface area (Å²) >= 11 is 0. The van der Waals surface area contributed by atoms with E-state index >= 15 is 0 Å². The third-order valence-corrected chi connectivity index (χ3v) is 5.32. The number of hydrogen-bond donors (Lipinski definition) is 2. The number of piperidine rings is 1. The Balaban J connectivity index is 1.58. The van der Waals surface area contributed by atoms with Gasteiger partial charge in [-0.2, -0.15) is 0 Å². The number of nitrogens with zero attached hydrogens (tertiary/aromatic N) is 2. The molecule has 3 N–H and O–H groups in total. The van der Waals surface area contributed by atoms with Crippen LogP contribution in [0.15, 0.2) is 18.2 Å². The van der Waals surface area contributed by atoms with E-state index in [-0.39, 0.29) is 23.9 Å². The molecule has 3 amide bonds. The largest absolute Gasteiger partial charge is 0.399 e. The minimum Gasteiger partial charge on any atom is -0.399 e. The molecule has 6 heteroatoms. The van der Waals surface area contributed by atoms with Crippen LogP contribution in [0.2, 0.25) is 0 Å². The Morgan fingerprint density at radius 1 is 1.20 bits per heavy atom. The lowest BCUT2D eigenvalue weighted by Crippen LogP contribution is -2.47. The average molecular weight is 344 g/mol. The average Bonchev–Trinajstić information content (AvgIpc) is 2.61. The highest BCUT2D eigenvalue weighted by Crippen LogP contribution is 2.31. The van der Waals surface area contributed by atoms with E-state index in [2.05, 4.69) is 5.32 Å². The predicted molar refractivity (Wildman–Crippen MR) is 98.1 cm³/mol. The fourth-order valence-corrected chi connectivity index (χ4v) is 3.89. The van der Waals surface area contributed by atoms with Gasteiger partial charge in [-0.1, -0.05) is 6.07 Å². The van der Waals surface area contributed by atoms with E-state index in [0.29, 0.717) is 13.1 Å². The van der Waals surface area contributed by atoms with Gasteiger partial charge >= 0.3 is 6.03 Å². The van der Waals surface area contributed by atoms with Crippen LogP contribution in [0.5, 0.6) is 0 Å². The number of nitrogens with one attached hydrogen (secondary N) is 1. The summed E-state index contributed by atoms with van der Waals surface area (Å²) in [7, 11) is 3.52. The maximum Gasteiger partial charge on any atom is 0.319 e. The van der Waals surface area contributed by atoms with Crippen LogP contribution >= 0.6 is 0 Å². The Labute approximate surface area is 149 Å². The molecule has 3 rings (SSSR count). The number of aryl methyl sites for hydroxylation is 1. The molecule has 2 aliphatic rings. The second kappa shape index (κ2) is 7.33. The van der Waals surface area contributed by atoms with Gasteiger partial charge in [-0.3, -0.25) is 4.79 Å². The van der Waals surface area contributed by atoms with Crippen LogP contribution in [0.4, 0.5) is 10.5 Å². The number of urea groups is 1. The van der Waals surface area contributed by atoms with Crippen molar-refractivity contribution in [2.75, 3.05) is 32.9 Å². The zero-order valence-electron chi connectivity index (χ0n) is 15.1. The fourth-order valence-electron chi connectivity index (χ4n) is 3.89. The van der Waals surface area contributed by atoms with Crippen LogP contribution in [0, 0.1) is 5.92 Å². The van der Waals surface area contributed by atoms with E-state index < -0.39 is 0 Å². The molecule has 0 radical (unpaired) electrons. The van der Waals surface area contributed by atoms with Gasteiger partial charge in [0, 0.05) is 38.8 Å². The summed E-state index contributed by atoms with van der Waals surface area (Å²) in [5, 5.41) is 3.24. The first-order valence-electron chi connectivity index (χ1n) is 9.10. The van der Waals surface area contributed by atoms with Crippen molar-refractivity contribution in [3.05, 3.63) is 29.3 Å². The number of fused-ring (bicyclic) bond motifs is 1. The normalized spacial score (nSPS) is 20.7. The number of likely N-dealkylation sites (tertiary alicyclic amines) is 1. The molecule has 1 heterocycles. The molecule has 0 saturated carbocycles. The fraction of sp³-hybridized carbons (Fsp3) is 0.579. The highest BCUT2D eigenvalue weighted by molar-refractivity contribution is 5.80. The maximum atomic E-state index is 12.7. The molecule has 1 aliphatic heterocycles. The lowest BCUT2D eigenvalue weighted by molar-refractivity contribution is -0.127. The Morgan fingerprint density at radius 3 is 2.60 bits per heavy atom. The van der Waals surface area contributed by atoms with Gasteiger partial charge in [-0.15, -0.1) is 0 Å². The second-order valence-corrected chi connectivity index (χ2v) is 7.35. The first-order chi connectivity index (χ1) is 12.0. The van der Waals surface area contributed by atoms with Gasteiger partial charge in [0.25, 0.3) is 0 Å². The van der Waals surface area contributed by atoms with Crippen LogP contribution < -0.4 is 11.1 Å². The van der Waals surface area contributed by atoms with E-state index in [4.69, 9.17) is 5.73 Å². The number of nitrogen functional groups attached to an aromatic ring is 1. The summed E-state index contributed by atoms with van der Waals surface area (Å²) in [6, 6.07) is 6.09. The van der Waals surface area contributed by atoms with Crippen molar-refractivity contribution in [3.63, 3.8) is 0 Å². The molecule has 1 atom stereocenters. The maximum absolute atomic E-state index is 12.7. The first-order valence-corrected chi connectivity index (χ1v) is 9.10. The summed E-state index contributed by atoms with van der Waals surface area (Å²) in [4.78, 5) is 28.1. The molecular formula is C19H28N4O2. The summed E-state index contributed by atoms with van der Waals surface area (Å²) in [5.41, 5.74) is 9.12. The third kappa shape index (κ3) is 3.89. The molecule has 0 bridgehead atoms. The quantitative estimate of drug-likeness (QED) is 0.807. The van der Waals surface area contributed by atoms with Crippen LogP contribution in [-0.4, -0.2) is 48.9 Å². The highest BCUT2D eigenvalue weighted by atomic mass is 16.2. The van der Waals surface area contributed by atoms with Gasteiger partial charge in [0.15, 0.2) is 0 Å². The van der Waals surface area contributed by atoms with E-state index in [1.54, 1.807) is 19.0 Å². The van der Waals surface area contributed by atoms with Crippen LogP contribution in [0.3, 0.4) is 0 Å². The molecule has 0 spiro atoms. The van der Waals surface area contributed by atoms with Crippen molar-refractivity contribution in [2.45, 2.75) is 38.1 Å². The van der Waals surface area contributed by atoms with Gasteiger partial charge in [-0.25, -0.2) is 4.79 Å². The summed E-state index contributed by atoms with van der Waals surface area (Å²) in [6.07, 6.45) is 4.52. The second-order valence-electron chi connectivity index (χ2n) is 7.35. The molecule has 1 aromatic carbocycles. The van der Waals surface area contributed by atoms with Gasteiger partial charge in [0.05, 0.1) is 6.04 Å². The molecule has 25 heavy (non-hydrogen) atoms. The van der Waals surface area contributed by atoms with Crippen LogP contribution in [0.25, 0.3) is 0 Å². The molecule has 1 aromatic rings. The number of carbonyl (C=O) groups excluding carboxylic acids is 2. The van der Waals surface area contributed by atoms with E-state index in [1.807, 2.05) is 23.1 Å². The molecule has 1 aliphatic carbocycles. The van der Waals surface area contributed by atoms with Gasteiger partial charge in [0.1, 0.15) is 0 Å². The highest BCUT2D eigenvalue weighted by Gasteiger charge is 2.30. The minimum absolute atomic E-state index is 0.00892. The molecule has 6 nitrogen and oxygen atoms in total. The molecule has 136 valence electrons. The number of rotatable bonds is 2. The van der Waals surface area contributed by atoms with Gasteiger partial charge in [-0.05, 0) is 55.4 Å². The summed E-state index contributed by atoms with van der Waals surface area (Å²) < 4.78 is 0. The topological polar surface area (TPSA) is 78.7 Å². The number of nitrogens with two attached hydrogens (primary N) is 1. The minimum atomic E-state index is -0.00892. The van der Waals surface area contributed by atoms with E-state index in [0.717, 1.165) is 37.8 Å². The van der Waals surface area contributed by atoms with Crippen LogP contribution in [0.1, 0.15) is 42.9 Å². The summed E-state index contributed by atoms with van der Waals surface area (Å²) in [5.74, 6) is 0.108. The van der Waals surface area contributed by atoms with Crippen molar-refractivity contribution >= 4 is 17.6 Å². The van der Waals surface area contributed by atoms with Crippen molar-refractivity contribution in [3.8, 4) is 0 Å². The number of carbonyl (C=O) groups is 2. The zero-order chi connectivity index (χ0) is 18.0. The lowest BCUT2D eigenvalue weighted by atomic mass is 9.86. The molecule has 0 aromatic heterocycles. The van der Waals surface area contributed by atoms with Crippen LogP contribution in [-0.2, 0) is 11.2 Å². The van der Waals surface area contributed by atoms with Gasteiger partial charge < -0.3 is 20.9 Å². The lowest BCUT2D eigenvalue weighted by Gasteiger charge is -2.34. The number of amides is 3. The smallest absolute Gasteiger partial charge is 0.319 e. The Morgan fingerprint density at radius 2 is 1.92 bits per heavy atom. The van der Waals surface area contributed by atoms with Crippen molar-refractivity contribution in [1.29, 1.82) is 0 Å². The van der Waals surface area contributed by atoms with Crippen molar-refractivity contribution in [1.82, 2.24) is 15.1 Å². The monoisotopic (exact) mass is 344 g/mol. The third-order valence-electron chi connectivity index (χ3n) is 5.32. The van der Waals surface area contributed by atoms with Crippen molar-refractivity contribution in [2.24, 2.45) is 5.92 Å². The SMILES string of the molecule is CN(C)C(=O)N1CCC(C(=O)NC2CCCc3cc(N)ccc32)CC1. The number of benzene rings is 1.